The van der Waals surface area contributed by atoms with Crippen molar-refractivity contribution in [2.75, 3.05) is 13.2 Å². The fraction of sp³-hybridized carbons (Fsp3) is 0.696. The van der Waals surface area contributed by atoms with Crippen LogP contribution in [-0.4, -0.2) is 37.2 Å². The first kappa shape index (κ1) is 71.1. The van der Waals surface area contributed by atoms with Crippen LogP contribution in [0.4, 0.5) is 0 Å². The summed E-state index contributed by atoms with van der Waals surface area (Å²) in [4.78, 5) is 38.0. The van der Waals surface area contributed by atoms with Crippen LogP contribution >= 0.6 is 0 Å². The Labute approximate surface area is 463 Å². The summed E-state index contributed by atoms with van der Waals surface area (Å²) >= 11 is 0. The second-order valence-corrected chi connectivity index (χ2v) is 20.6. The van der Waals surface area contributed by atoms with E-state index in [1.54, 1.807) is 0 Å². The SMILES string of the molecule is CC/C=C\C/C=C\C/C=C\C/C=C\C/C=C\C/C=C\C/C=C\C/C=C\C/C=C\CCCCCCCCCC(=O)OCC(COC(=O)CCCCCCCCCCC)OC(=O)CCCCCCCCCCCCCCC. The average molecular weight is 1040 g/mol. The van der Waals surface area contributed by atoms with Gasteiger partial charge < -0.3 is 14.2 Å². The van der Waals surface area contributed by atoms with Crippen molar-refractivity contribution in [2.45, 2.75) is 297 Å². The molecule has 1 unspecified atom stereocenters. The number of ether oxygens (including phenoxy) is 3. The van der Waals surface area contributed by atoms with Gasteiger partial charge in [0.25, 0.3) is 0 Å². The lowest BCUT2D eigenvalue weighted by molar-refractivity contribution is -0.167. The minimum Gasteiger partial charge on any atom is -0.462 e. The molecule has 428 valence electrons. The molecule has 0 aromatic heterocycles. The standard InChI is InChI=1S/C69H116O6/c1-4-7-10-13-16-19-21-23-24-25-26-27-28-29-30-31-32-33-34-35-36-37-38-39-40-41-42-43-44-46-47-50-53-56-59-62-68(71)74-65-66(64-73-67(70)61-58-55-52-49-18-15-12-9-6-3)75-69(72)63-60-57-54-51-48-45-22-20-17-14-11-8-5-2/h7,10,16,19,23-24,26-27,29-30,32-33,35-36,38-39,41-42,66H,4-6,8-9,11-15,17-18,20-22,25,28,31,34,37,40,43-65H2,1-3H3/b10-7-,19-16-,24-23-,27-26-,30-29-,33-32-,36-35-,39-38-,42-41-. The van der Waals surface area contributed by atoms with Gasteiger partial charge in [-0.15, -0.1) is 0 Å². The number of carbonyl (C=O) groups is 3. The van der Waals surface area contributed by atoms with Gasteiger partial charge in [0.1, 0.15) is 13.2 Å². The first-order valence-electron chi connectivity index (χ1n) is 31.4. The molecule has 0 aromatic carbocycles. The van der Waals surface area contributed by atoms with E-state index in [4.69, 9.17) is 14.2 Å². The van der Waals surface area contributed by atoms with Gasteiger partial charge in [-0.3, -0.25) is 14.4 Å². The van der Waals surface area contributed by atoms with Crippen molar-refractivity contribution in [3.05, 3.63) is 109 Å². The first-order chi connectivity index (χ1) is 37.0. The lowest BCUT2D eigenvalue weighted by Gasteiger charge is -2.18. The van der Waals surface area contributed by atoms with Crippen molar-refractivity contribution in [1.29, 1.82) is 0 Å². The molecule has 0 rings (SSSR count). The van der Waals surface area contributed by atoms with Crippen LogP contribution in [-0.2, 0) is 28.6 Å². The Morgan fingerprint density at radius 3 is 0.813 bits per heavy atom. The van der Waals surface area contributed by atoms with Gasteiger partial charge in [-0.1, -0.05) is 291 Å². The van der Waals surface area contributed by atoms with E-state index in [9.17, 15) is 14.4 Å². The van der Waals surface area contributed by atoms with Crippen molar-refractivity contribution >= 4 is 17.9 Å². The van der Waals surface area contributed by atoms with Crippen LogP contribution in [0.15, 0.2) is 109 Å². The highest BCUT2D eigenvalue weighted by Gasteiger charge is 2.19. The molecule has 0 amide bonds. The zero-order chi connectivity index (χ0) is 54.3. The molecule has 1 atom stereocenters. The molecule has 75 heavy (non-hydrogen) atoms. The fourth-order valence-corrected chi connectivity index (χ4v) is 8.61. The second kappa shape index (κ2) is 62.6. The fourth-order valence-electron chi connectivity index (χ4n) is 8.61. The highest BCUT2D eigenvalue weighted by atomic mass is 16.6. The molecule has 6 nitrogen and oxygen atoms in total. The van der Waals surface area contributed by atoms with E-state index in [0.29, 0.717) is 19.3 Å². The van der Waals surface area contributed by atoms with E-state index in [2.05, 4.69) is 130 Å². The molecule has 0 aromatic rings. The molecule has 0 saturated heterocycles. The average Bonchev–Trinajstić information content (AvgIpc) is 3.41. The largest absolute Gasteiger partial charge is 0.462 e. The zero-order valence-corrected chi connectivity index (χ0v) is 49.0. The molecule has 0 fully saturated rings. The maximum atomic E-state index is 12.8. The Kier molecular flexibility index (Phi) is 59.3. The van der Waals surface area contributed by atoms with E-state index in [-0.39, 0.29) is 31.1 Å². The van der Waals surface area contributed by atoms with Gasteiger partial charge in [0.15, 0.2) is 6.10 Å². The molecule has 0 spiro atoms. The lowest BCUT2D eigenvalue weighted by Crippen LogP contribution is -2.30. The summed E-state index contributed by atoms with van der Waals surface area (Å²) in [5.74, 6) is -0.886. The zero-order valence-electron chi connectivity index (χ0n) is 49.0. The van der Waals surface area contributed by atoms with Crippen LogP contribution in [0.1, 0.15) is 290 Å². The summed E-state index contributed by atoms with van der Waals surface area (Å²) in [6, 6.07) is 0. The van der Waals surface area contributed by atoms with E-state index in [1.165, 1.54) is 128 Å². The lowest BCUT2D eigenvalue weighted by atomic mass is 10.0. The van der Waals surface area contributed by atoms with Gasteiger partial charge in [0, 0.05) is 19.3 Å². The normalized spacial score (nSPS) is 12.8. The summed E-state index contributed by atoms with van der Waals surface area (Å²) in [5, 5.41) is 0. The monoisotopic (exact) mass is 1040 g/mol. The van der Waals surface area contributed by atoms with Gasteiger partial charge in [-0.05, 0) is 89.9 Å². The van der Waals surface area contributed by atoms with Crippen LogP contribution in [0.5, 0.6) is 0 Å². The molecule has 0 aliphatic heterocycles. The second-order valence-electron chi connectivity index (χ2n) is 20.6. The summed E-state index contributed by atoms with van der Waals surface area (Å²) in [6.45, 7) is 6.51. The van der Waals surface area contributed by atoms with Crippen molar-refractivity contribution < 1.29 is 28.6 Å². The molecular formula is C69H116O6. The van der Waals surface area contributed by atoms with E-state index < -0.39 is 6.10 Å². The molecule has 6 heteroatoms. The number of rotatable bonds is 56. The molecule has 0 heterocycles. The maximum Gasteiger partial charge on any atom is 0.306 e. The molecule has 0 bridgehead atoms. The van der Waals surface area contributed by atoms with Gasteiger partial charge in [0.2, 0.25) is 0 Å². The third-order valence-corrected chi connectivity index (χ3v) is 13.3. The number of allylic oxidation sites excluding steroid dienone is 18. The number of carbonyl (C=O) groups excluding carboxylic acids is 3. The van der Waals surface area contributed by atoms with Crippen LogP contribution < -0.4 is 0 Å². The molecular weight excluding hydrogens is 925 g/mol. The number of hydrogen-bond donors (Lipinski definition) is 0. The van der Waals surface area contributed by atoms with Crippen molar-refractivity contribution in [3.63, 3.8) is 0 Å². The molecule has 0 aliphatic carbocycles. The summed E-state index contributed by atoms with van der Waals surface area (Å²) < 4.78 is 16.8. The maximum absolute atomic E-state index is 12.8. The van der Waals surface area contributed by atoms with Gasteiger partial charge in [0.05, 0.1) is 0 Å². The molecule has 0 saturated carbocycles. The number of hydrogen-bond acceptors (Lipinski definition) is 6. The molecule has 0 radical (unpaired) electrons. The Morgan fingerprint density at radius 1 is 0.280 bits per heavy atom. The van der Waals surface area contributed by atoms with Gasteiger partial charge in [-0.2, -0.15) is 0 Å². The van der Waals surface area contributed by atoms with E-state index >= 15 is 0 Å². The van der Waals surface area contributed by atoms with Gasteiger partial charge >= 0.3 is 17.9 Å². The summed E-state index contributed by atoms with van der Waals surface area (Å²) in [7, 11) is 0. The van der Waals surface area contributed by atoms with Crippen LogP contribution in [0.2, 0.25) is 0 Å². The molecule has 0 aliphatic rings. The predicted octanol–water partition coefficient (Wildman–Crippen LogP) is 21.4. The third-order valence-electron chi connectivity index (χ3n) is 13.3. The number of esters is 3. The van der Waals surface area contributed by atoms with Gasteiger partial charge in [-0.25, -0.2) is 0 Å². The van der Waals surface area contributed by atoms with E-state index in [0.717, 1.165) is 122 Å². The van der Waals surface area contributed by atoms with E-state index in [1.807, 2.05) is 0 Å². The topological polar surface area (TPSA) is 78.9 Å². The van der Waals surface area contributed by atoms with Crippen LogP contribution in [0.25, 0.3) is 0 Å². The first-order valence-corrected chi connectivity index (χ1v) is 31.4. The minimum absolute atomic E-state index is 0.0775. The van der Waals surface area contributed by atoms with Crippen molar-refractivity contribution in [2.24, 2.45) is 0 Å². The highest BCUT2D eigenvalue weighted by Crippen LogP contribution is 2.16. The molecule has 0 N–H and O–H groups in total. The third kappa shape index (κ3) is 60.8. The summed E-state index contributed by atoms with van der Waals surface area (Å²) in [6.07, 6.45) is 85.3. The minimum atomic E-state index is -0.778. The Morgan fingerprint density at radius 2 is 0.520 bits per heavy atom. The van der Waals surface area contributed by atoms with Crippen LogP contribution in [0.3, 0.4) is 0 Å². The van der Waals surface area contributed by atoms with Crippen molar-refractivity contribution in [3.8, 4) is 0 Å². The Hall–Kier alpha value is -3.93. The Bertz CT molecular complexity index is 1520. The quantitative estimate of drug-likeness (QED) is 0.0261. The van der Waals surface area contributed by atoms with Crippen LogP contribution in [0, 0.1) is 0 Å². The predicted molar refractivity (Wildman–Crippen MR) is 325 cm³/mol. The Balaban J connectivity index is 4.15. The van der Waals surface area contributed by atoms with Crippen molar-refractivity contribution in [1.82, 2.24) is 0 Å². The highest BCUT2D eigenvalue weighted by molar-refractivity contribution is 5.71. The smallest absolute Gasteiger partial charge is 0.306 e. The number of unbranched alkanes of at least 4 members (excludes halogenated alkanes) is 27. The summed E-state index contributed by atoms with van der Waals surface area (Å²) in [5.41, 5.74) is 0.